The van der Waals surface area contributed by atoms with Crippen molar-refractivity contribution in [1.29, 1.82) is 0 Å². The maximum atomic E-state index is 13.3. The molecule has 1 aromatic carbocycles. The third-order valence-electron chi connectivity index (χ3n) is 7.39. The molecule has 0 radical (unpaired) electrons. The standard InChI is InChI=1S/C28H34N6O6S2/c1-4-19(12-13-31-41(36,37)25-15-33(2)17-29-25)24-11-10-23(28(35)40-24)27(20-8-9-20)21-6-5-7-22(14-21)32-42(38,39)26-16-34(3)18-30-26/h5-7,10-11,14-20,27,31-32H,4,8-9,12-13H2,1-3H3. The second-order valence-corrected chi connectivity index (χ2v) is 14.0. The maximum Gasteiger partial charge on any atom is 0.339 e. The molecule has 12 nitrogen and oxygen atoms in total. The minimum absolute atomic E-state index is 0.0475. The summed E-state index contributed by atoms with van der Waals surface area (Å²) >= 11 is 0. The molecule has 1 aliphatic rings. The van der Waals surface area contributed by atoms with Gasteiger partial charge in [0.15, 0.2) is 10.1 Å². The van der Waals surface area contributed by atoms with Gasteiger partial charge in [-0.15, -0.1) is 0 Å². The average molecular weight is 615 g/mol. The molecule has 1 aliphatic carbocycles. The number of anilines is 1. The highest BCUT2D eigenvalue weighted by Gasteiger charge is 2.36. The highest BCUT2D eigenvalue weighted by atomic mass is 32.2. The van der Waals surface area contributed by atoms with Crippen LogP contribution in [0.3, 0.4) is 0 Å². The van der Waals surface area contributed by atoms with Crippen molar-refractivity contribution in [1.82, 2.24) is 23.8 Å². The van der Waals surface area contributed by atoms with Gasteiger partial charge in [-0.1, -0.05) is 19.1 Å². The van der Waals surface area contributed by atoms with Gasteiger partial charge in [0.1, 0.15) is 5.76 Å². The zero-order valence-electron chi connectivity index (χ0n) is 23.6. The molecule has 1 fully saturated rings. The number of hydrogen-bond acceptors (Lipinski definition) is 8. The fourth-order valence-electron chi connectivity index (χ4n) is 5.07. The zero-order valence-corrected chi connectivity index (χ0v) is 25.2. The van der Waals surface area contributed by atoms with Gasteiger partial charge in [0, 0.05) is 56.1 Å². The van der Waals surface area contributed by atoms with E-state index in [9.17, 15) is 21.6 Å². The SMILES string of the molecule is CCC(CCNS(=O)(=O)c1cn(C)cn1)c1ccc(C(c2cccc(NS(=O)(=O)c3cn(C)cn3)c2)C2CC2)c(=O)o1. The normalized spacial score (nSPS) is 15.4. The van der Waals surface area contributed by atoms with Gasteiger partial charge in [-0.2, -0.15) is 8.42 Å². The Bertz CT molecular complexity index is 1840. The molecule has 4 aromatic rings. The van der Waals surface area contributed by atoms with E-state index in [2.05, 4.69) is 19.4 Å². The van der Waals surface area contributed by atoms with Gasteiger partial charge in [0.05, 0.1) is 12.7 Å². The summed E-state index contributed by atoms with van der Waals surface area (Å²) in [5.74, 6) is 0.320. The van der Waals surface area contributed by atoms with Gasteiger partial charge in [0.25, 0.3) is 20.0 Å². The summed E-state index contributed by atoms with van der Waals surface area (Å²) in [5, 5.41) is -0.131. The van der Waals surface area contributed by atoms with Gasteiger partial charge < -0.3 is 13.6 Å². The van der Waals surface area contributed by atoms with E-state index in [4.69, 9.17) is 4.42 Å². The molecule has 42 heavy (non-hydrogen) atoms. The van der Waals surface area contributed by atoms with Crippen molar-refractivity contribution in [2.24, 2.45) is 20.0 Å². The van der Waals surface area contributed by atoms with Crippen molar-refractivity contribution < 1.29 is 21.3 Å². The summed E-state index contributed by atoms with van der Waals surface area (Å²) in [5.41, 5.74) is 1.26. The molecule has 5 rings (SSSR count). The highest BCUT2D eigenvalue weighted by Crippen LogP contribution is 2.46. The number of nitrogens with zero attached hydrogens (tertiary/aromatic N) is 4. The Labute approximate surface area is 244 Å². The van der Waals surface area contributed by atoms with Crippen LogP contribution >= 0.6 is 0 Å². The summed E-state index contributed by atoms with van der Waals surface area (Å²) < 4.78 is 64.7. The van der Waals surface area contributed by atoms with Gasteiger partial charge in [-0.25, -0.2) is 27.9 Å². The summed E-state index contributed by atoms with van der Waals surface area (Å²) in [6.45, 7) is 2.12. The molecule has 1 saturated carbocycles. The van der Waals surface area contributed by atoms with Crippen LogP contribution in [-0.2, 0) is 34.1 Å². The Morgan fingerprint density at radius 2 is 1.64 bits per heavy atom. The van der Waals surface area contributed by atoms with Crippen LogP contribution in [0, 0.1) is 5.92 Å². The molecule has 224 valence electrons. The van der Waals surface area contributed by atoms with E-state index in [1.165, 1.54) is 25.0 Å². The van der Waals surface area contributed by atoms with E-state index in [0.29, 0.717) is 29.9 Å². The molecule has 14 heteroatoms. The third kappa shape index (κ3) is 6.66. The van der Waals surface area contributed by atoms with Crippen LogP contribution in [0.5, 0.6) is 0 Å². The summed E-state index contributed by atoms with van der Waals surface area (Å²) in [6, 6.07) is 10.6. The largest absolute Gasteiger partial charge is 0.427 e. The first kappa shape index (κ1) is 29.7. The molecule has 0 saturated heterocycles. The van der Waals surface area contributed by atoms with E-state index < -0.39 is 25.7 Å². The number of aryl methyl sites for hydroxylation is 2. The fraction of sp³-hybridized carbons (Fsp3) is 0.393. The lowest BCUT2D eigenvalue weighted by Gasteiger charge is -2.19. The fourth-order valence-corrected chi connectivity index (χ4v) is 7.13. The second-order valence-electron chi connectivity index (χ2n) is 10.7. The molecule has 3 heterocycles. The first-order chi connectivity index (χ1) is 20.0. The summed E-state index contributed by atoms with van der Waals surface area (Å²) in [6.07, 6.45) is 8.68. The molecule has 0 spiro atoms. The van der Waals surface area contributed by atoms with Crippen molar-refractivity contribution in [2.45, 2.75) is 54.5 Å². The number of benzene rings is 1. The molecular formula is C28H34N6O6S2. The van der Waals surface area contributed by atoms with Crippen molar-refractivity contribution in [2.75, 3.05) is 11.3 Å². The average Bonchev–Trinajstić information content (AvgIpc) is 3.49. The number of sulfonamides is 2. The Morgan fingerprint density at radius 1 is 0.976 bits per heavy atom. The molecular weight excluding hydrogens is 580 g/mol. The molecule has 0 bridgehead atoms. The number of hydrogen-bond donors (Lipinski definition) is 2. The Balaban J connectivity index is 1.32. The van der Waals surface area contributed by atoms with Gasteiger partial charge >= 0.3 is 5.63 Å². The Hall–Kier alpha value is -3.75. The number of imidazole rings is 2. The van der Waals surface area contributed by atoms with Crippen molar-refractivity contribution in [3.05, 3.63) is 88.8 Å². The second kappa shape index (κ2) is 11.9. The van der Waals surface area contributed by atoms with Crippen molar-refractivity contribution >= 4 is 25.7 Å². The maximum absolute atomic E-state index is 13.3. The highest BCUT2D eigenvalue weighted by molar-refractivity contribution is 7.92. The lowest BCUT2D eigenvalue weighted by atomic mass is 9.87. The monoisotopic (exact) mass is 614 g/mol. The van der Waals surface area contributed by atoms with E-state index in [0.717, 1.165) is 18.4 Å². The first-order valence-corrected chi connectivity index (χ1v) is 16.7. The van der Waals surface area contributed by atoms with Crippen LogP contribution in [0.15, 0.2) is 80.7 Å². The zero-order chi connectivity index (χ0) is 30.1. The van der Waals surface area contributed by atoms with E-state index in [1.54, 1.807) is 53.6 Å². The topological polar surface area (TPSA) is 158 Å². The predicted molar refractivity (Wildman–Crippen MR) is 156 cm³/mol. The predicted octanol–water partition coefficient (Wildman–Crippen LogP) is 3.31. The molecule has 0 aliphatic heterocycles. The van der Waals surface area contributed by atoms with Crippen LogP contribution in [0.4, 0.5) is 5.69 Å². The molecule has 2 N–H and O–H groups in total. The van der Waals surface area contributed by atoms with E-state index in [-0.39, 0.29) is 34.4 Å². The van der Waals surface area contributed by atoms with Crippen LogP contribution in [-0.4, -0.2) is 42.5 Å². The van der Waals surface area contributed by atoms with Crippen molar-refractivity contribution in [3.8, 4) is 0 Å². The van der Waals surface area contributed by atoms with Crippen molar-refractivity contribution in [3.63, 3.8) is 0 Å². The van der Waals surface area contributed by atoms with E-state index >= 15 is 0 Å². The molecule has 2 unspecified atom stereocenters. The minimum atomic E-state index is -3.87. The minimum Gasteiger partial charge on any atom is -0.427 e. The molecule has 0 amide bonds. The van der Waals surface area contributed by atoms with Gasteiger partial charge in [-0.3, -0.25) is 4.72 Å². The Kier molecular flexibility index (Phi) is 8.39. The lowest BCUT2D eigenvalue weighted by molar-refractivity contribution is 0.395. The van der Waals surface area contributed by atoms with Crippen LogP contribution in [0.1, 0.15) is 61.3 Å². The van der Waals surface area contributed by atoms with Crippen LogP contribution < -0.4 is 15.1 Å². The molecule has 2 atom stereocenters. The lowest BCUT2D eigenvalue weighted by Crippen LogP contribution is -2.26. The Morgan fingerprint density at radius 3 is 2.21 bits per heavy atom. The first-order valence-electron chi connectivity index (χ1n) is 13.7. The van der Waals surface area contributed by atoms with Gasteiger partial charge in [-0.05, 0) is 61.4 Å². The number of nitrogens with one attached hydrogen (secondary N) is 2. The third-order valence-corrected chi connectivity index (χ3v) is 10.0. The summed E-state index contributed by atoms with van der Waals surface area (Å²) in [4.78, 5) is 21.2. The quantitative estimate of drug-likeness (QED) is 0.232. The van der Waals surface area contributed by atoms with Crippen LogP contribution in [0.25, 0.3) is 0 Å². The van der Waals surface area contributed by atoms with Crippen LogP contribution in [0.2, 0.25) is 0 Å². The number of rotatable bonds is 13. The van der Waals surface area contributed by atoms with Gasteiger partial charge in [0.2, 0.25) is 0 Å². The number of aromatic nitrogens is 4. The molecule has 3 aromatic heterocycles. The van der Waals surface area contributed by atoms with E-state index in [1.807, 2.05) is 13.0 Å². The smallest absolute Gasteiger partial charge is 0.339 e. The summed E-state index contributed by atoms with van der Waals surface area (Å²) in [7, 11) is -4.22.